The van der Waals surface area contributed by atoms with E-state index in [0.29, 0.717) is 11.9 Å². The van der Waals surface area contributed by atoms with Gasteiger partial charge in [0.25, 0.3) is 0 Å². The first-order valence-electron chi connectivity index (χ1n) is 9.88. The van der Waals surface area contributed by atoms with E-state index in [1.165, 1.54) is 44.1 Å². The molecule has 0 radical (unpaired) electrons. The molecule has 2 aliphatic rings. The molecule has 132 valence electrons. The Bertz CT molecular complexity index is 488. The summed E-state index contributed by atoms with van der Waals surface area (Å²) in [6, 6.07) is 11.2. The summed E-state index contributed by atoms with van der Waals surface area (Å²) < 4.78 is 0. The molecule has 0 bridgehead atoms. The van der Waals surface area contributed by atoms with Crippen molar-refractivity contribution in [1.29, 1.82) is 0 Å². The number of aryl methyl sites for hydroxylation is 1. The van der Waals surface area contributed by atoms with Crippen LogP contribution in [0.5, 0.6) is 0 Å². The second-order valence-electron chi connectivity index (χ2n) is 7.55. The molecule has 1 saturated heterocycles. The van der Waals surface area contributed by atoms with Gasteiger partial charge in [-0.1, -0.05) is 49.6 Å². The van der Waals surface area contributed by atoms with Crippen LogP contribution in [0.15, 0.2) is 30.3 Å². The van der Waals surface area contributed by atoms with Crippen LogP contribution in [-0.2, 0) is 11.2 Å². The van der Waals surface area contributed by atoms with Crippen molar-refractivity contribution in [3.05, 3.63) is 35.9 Å². The molecule has 1 amide bonds. The Balaban J connectivity index is 1.32. The predicted molar refractivity (Wildman–Crippen MR) is 98.9 cm³/mol. The van der Waals surface area contributed by atoms with Crippen molar-refractivity contribution < 1.29 is 4.79 Å². The SMILES string of the molecule is O=C(NC1CCCCC1)C1CCN(CCCc2ccccc2)CC1. The van der Waals surface area contributed by atoms with Gasteiger partial charge in [-0.05, 0) is 63.7 Å². The first-order valence-corrected chi connectivity index (χ1v) is 9.88. The van der Waals surface area contributed by atoms with Crippen molar-refractivity contribution in [2.45, 2.75) is 63.8 Å². The van der Waals surface area contributed by atoms with Crippen molar-refractivity contribution in [2.24, 2.45) is 5.92 Å². The van der Waals surface area contributed by atoms with Crippen molar-refractivity contribution >= 4 is 5.91 Å². The summed E-state index contributed by atoms with van der Waals surface area (Å²) in [6.45, 7) is 3.32. The summed E-state index contributed by atoms with van der Waals surface area (Å²) in [7, 11) is 0. The Hall–Kier alpha value is -1.35. The highest BCUT2D eigenvalue weighted by atomic mass is 16.1. The molecule has 24 heavy (non-hydrogen) atoms. The van der Waals surface area contributed by atoms with E-state index >= 15 is 0 Å². The number of hydrogen-bond acceptors (Lipinski definition) is 2. The van der Waals surface area contributed by atoms with Crippen LogP contribution in [0, 0.1) is 5.92 Å². The van der Waals surface area contributed by atoms with E-state index in [0.717, 1.165) is 38.9 Å². The minimum absolute atomic E-state index is 0.247. The van der Waals surface area contributed by atoms with Crippen LogP contribution < -0.4 is 5.32 Å². The zero-order chi connectivity index (χ0) is 16.6. The fourth-order valence-electron chi connectivity index (χ4n) is 4.14. The first-order chi connectivity index (χ1) is 11.8. The molecule has 3 heteroatoms. The zero-order valence-electron chi connectivity index (χ0n) is 14.9. The van der Waals surface area contributed by atoms with Crippen molar-refractivity contribution in [3.8, 4) is 0 Å². The molecule has 1 N–H and O–H groups in total. The summed E-state index contributed by atoms with van der Waals surface area (Å²) >= 11 is 0. The molecule has 3 rings (SSSR count). The van der Waals surface area contributed by atoms with E-state index in [4.69, 9.17) is 0 Å². The van der Waals surface area contributed by atoms with Crippen molar-refractivity contribution in [2.75, 3.05) is 19.6 Å². The van der Waals surface area contributed by atoms with Gasteiger partial charge in [0.15, 0.2) is 0 Å². The van der Waals surface area contributed by atoms with E-state index in [-0.39, 0.29) is 5.92 Å². The lowest BCUT2D eigenvalue weighted by Crippen LogP contribution is -2.44. The number of rotatable bonds is 6. The third-order valence-corrected chi connectivity index (χ3v) is 5.69. The van der Waals surface area contributed by atoms with E-state index in [1.807, 2.05) is 0 Å². The lowest BCUT2D eigenvalue weighted by Gasteiger charge is -2.32. The van der Waals surface area contributed by atoms with Crippen LogP contribution >= 0.6 is 0 Å². The Morgan fingerprint density at radius 3 is 2.42 bits per heavy atom. The molecular formula is C21H32N2O. The van der Waals surface area contributed by atoms with Gasteiger partial charge in [0, 0.05) is 12.0 Å². The van der Waals surface area contributed by atoms with Crippen LogP contribution in [0.4, 0.5) is 0 Å². The standard InChI is InChI=1S/C21H32N2O/c24-21(22-20-11-5-2-6-12-20)19-13-16-23(17-14-19)15-7-10-18-8-3-1-4-9-18/h1,3-4,8-9,19-20H,2,5-7,10-17H2,(H,22,24). The quantitative estimate of drug-likeness (QED) is 0.862. The Kier molecular flexibility index (Phi) is 6.71. The van der Waals surface area contributed by atoms with E-state index in [2.05, 4.69) is 40.5 Å². The normalized spacial score (nSPS) is 20.8. The third-order valence-electron chi connectivity index (χ3n) is 5.69. The molecule has 3 nitrogen and oxygen atoms in total. The summed E-state index contributed by atoms with van der Waals surface area (Å²) in [5.74, 6) is 0.572. The minimum atomic E-state index is 0.247. The highest BCUT2D eigenvalue weighted by Crippen LogP contribution is 2.21. The van der Waals surface area contributed by atoms with Gasteiger partial charge < -0.3 is 10.2 Å². The second kappa shape index (κ2) is 9.22. The molecule has 0 aromatic heterocycles. The van der Waals surface area contributed by atoms with Crippen molar-refractivity contribution in [3.63, 3.8) is 0 Å². The van der Waals surface area contributed by atoms with Gasteiger partial charge >= 0.3 is 0 Å². The smallest absolute Gasteiger partial charge is 0.223 e. The van der Waals surface area contributed by atoms with E-state index < -0.39 is 0 Å². The van der Waals surface area contributed by atoms with Crippen molar-refractivity contribution in [1.82, 2.24) is 10.2 Å². The Labute approximate surface area is 146 Å². The number of carbonyl (C=O) groups is 1. The lowest BCUT2D eigenvalue weighted by atomic mass is 9.92. The van der Waals surface area contributed by atoms with Gasteiger partial charge in [-0.3, -0.25) is 4.79 Å². The molecule has 0 atom stereocenters. The fraction of sp³-hybridized carbons (Fsp3) is 0.667. The highest BCUT2D eigenvalue weighted by molar-refractivity contribution is 5.79. The summed E-state index contributed by atoms with van der Waals surface area (Å²) in [5.41, 5.74) is 1.43. The van der Waals surface area contributed by atoms with Gasteiger partial charge in [0.1, 0.15) is 0 Å². The predicted octanol–water partition coefficient (Wildman–Crippen LogP) is 3.78. The zero-order valence-corrected chi connectivity index (χ0v) is 14.9. The molecular weight excluding hydrogens is 296 g/mol. The summed E-state index contributed by atoms with van der Waals surface area (Å²) in [4.78, 5) is 15.0. The number of benzene rings is 1. The number of nitrogens with zero attached hydrogens (tertiary/aromatic N) is 1. The first kappa shape index (κ1) is 17.5. The molecule has 1 aromatic rings. The molecule has 0 spiro atoms. The summed E-state index contributed by atoms with van der Waals surface area (Å²) in [5, 5.41) is 3.31. The molecule has 2 fully saturated rings. The lowest BCUT2D eigenvalue weighted by molar-refractivity contribution is -0.127. The fourth-order valence-corrected chi connectivity index (χ4v) is 4.14. The number of piperidine rings is 1. The van der Waals surface area contributed by atoms with Gasteiger partial charge in [-0.15, -0.1) is 0 Å². The third kappa shape index (κ3) is 5.34. The van der Waals surface area contributed by atoms with Gasteiger partial charge in [0.2, 0.25) is 5.91 Å². The number of hydrogen-bond donors (Lipinski definition) is 1. The number of amides is 1. The maximum atomic E-state index is 12.4. The number of carbonyl (C=O) groups excluding carboxylic acids is 1. The molecule has 1 heterocycles. The van der Waals surface area contributed by atoms with Crippen LogP contribution in [0.2, 0.25) is 0 Å². The monoisotopic (exact) mass is 328 g/mol. The topological polar surface area (TPSA) is 32.3 Å². The molecule has 1 aliphatic carbocycles. The maximum Gasteiger partial charge on any atom is 0.223 e. The van der Waals surface area contributed by atoms with Crippen LogP contribution in [0.1, 0.15) is 56.9 Å². The highest BCUT2D eigenvalue weighted by Gasteiger charge is 2.26. The molecule has 1 saturated carbocycles. The van der Waals surface area contributed by atoms with Gasteiger partial charge in [-0.2, -0.15) is 0 Å². The average Bonchev–Trinajstić information content (AvgIpc) is 2.64. The number of nitrogens with one attached hydrogen (secondary N) is 1. The molecule has 1 aliphatic heterocycles. The largest absolute Gasteiger partial charge is 0.353 e. The van der Waals surface area contributed by atoms with Crippen LogP contribution in [-0.4, -0.2) is 36.5 Å². The molecule has 0 unspecified atom stereocenters. The Morgan fingerprint density at radius 2 is 1.71 bits per heavy atom. The van der Waals surface area contributed by atoms with Gasteiger partial charge in [-0.25, -0.2) is 0 Å². The minimum Gasteiger partial charge on any atom is -0.353 e. The maximum absolute atomic E-state index is 12.4. The number of likely N-dealkylation sites (tertiary alicyclic amines) is 1. The van der Waals surface area contributed by atoms with Crippen LogP contribution in [0.3, 0.4) is 0 Å². The second-order valence-corrected chi connectivity index (χ2v) is 7.55. The Morgan fingerprint density at radius 1 is 1.00 bits per heavy atom. The van der Waals surface area contributed by atoms with E-state index in [1.54, 1.807) is 0 Å². The summed E-state index contributed by atoms with van der Waals surface area (Å²) in [6.07, 6.45) is 10.7. The van der Waals surface area contributed by atoms with Gasteiger partial charge in [0.05, 0.1) is 0 Å². The van der Waals surface area contributed by atoms with E-state index in [9.17, 15) is 4.79 Å². The average molecular weight is 329 g/mol. The molecule has 1 aromatic carbocycles. The van der Waals surface area contributed by atoms with Crippen LogP contribution in [0.25, 0.3) is 0 Å².